The lowest BCUT2D eigenvalue weighted by atomic mass is 9.98. The molecule has 0 saturated carbocycles. The molecule has 40 heavy (non-hydrogen) atoms. The molecule has 1 fully saturated rings. The van der Waals surface area contributed by atoms with Gasteiger partial charge in [0.05, 0.1) is 17.8 Å². The van der Waals surface area contributed by atoms with Gasteiger partial charge >= 0.3 is 6.09 Å². The minimum absolute atomic E-state index is 0.191. The Morgan fingerprint density at radius 1 is 1.12 bits per heavy atom. The summed E-state index contributed by atoms with van der Waals surface area (Å²) < 4.78 is 5.57. The number of carbonyl (C=O) groups is 3. The molecular formula is C29H40N6O4S. The van der Waals surface area contributed by atoms with Gasteiger partial charge in [-0.25, -0.2) is 4.79 Å². The molecule has 0 unspecified atom stereocenters. The molecule has 3 heterocycles. The molecule has 0 bridgehead atoms. The first-order valence-corrected chi connectivity index (χ1v) is 14.1. The molecule has 0 spiro atoms. The van der Waals surface area contributed by atoms with Gasteiger partial charge in [0, 0.05) is 48.4 Å². The smallest absolute Gasteiger partial charge is 0.410 e. The van der Waals surface area contributed by atoms with Crippen LogP contribution in [0.2, 0.25) is 0 Å². The van der Waals surface area contributed by atoms with E-state index < -0.39 is 23.8 Å². The van der Waals surface area contributed by atoms with E-state index in [-0.39, 0.29) is 18.4 Å². The van der Waals surface area contributed by atoms with Crippen molar-refractivity contribution in [3.63, 3.8) is 0 Å². The molecule has 0 aliphatic carbocycles. The molecule has 2 aliphatic heterocycles. The fourth-order valence-electron chi connectivity index (χ4n) is 4.90. The lowest BCUT2D eigenvalue weighted by Crippen LogP contribution is -2.62. The number of likely N-dealkylation sites (tertiary alicyclic amines) is 1. The molecule has 1 aromatic carbocycles. The van der Waals surface area contributed by atoms with E-state index in [0.29, 0.717) is 37.3 Å². The molecule has 0 radical (unpaired) electrons. The third kappa shape index (κ3) is 7.45. The topological polar surface area (TPSA) is 119 Å². The Bertz CT molecular complexity index is 1360. The maximum Gasteiger partial charge on any atom is 0.410 e. The molecule has 4 rings (SSSR count). The van der Waals surface area contributed by atoms with Crippen molar-refractivity contribution in [2.45, 2.75) is 65.1 Å². The van der Waals surface area contributed by atoms with Gasteiger partial charge in [-0.05, 0) is 66.3 Å². The number of fused-ring (bicyclic) bond motifs is 1. The first kappa shape index (κ1) is 29.7. The van der Waals surface area contributed by atoms with Gasteiger partial charge < -0.3 is 30.2 Å². The molecular weight excluding hydrogens is 528 g/mol. The lowest BCUT2D eigenvalue weighted by molar-refractivity contribution is -0.116. The van der Waals surface area contributed by atoms with Crippen LogP contribution in [0.3, 0.4) is 0 Å². The number of hydrogen-bond donors (Lipinski definition) is 4. The van der Waals surface area contributed by atoms with Crippen molar-refractivity contribution in [2.24, 2.45) is 4.99 Å². The number of likely N-dealkylation sites (N-methyl/N-ethyl adjacent to an activating group) is 1. The van der Waals surface area contributed by atoms with Gasteiger partial charge in [0.15, 0.2) is 0 Å². The first-order chi connectivity index (χ1) is 18.8. The van der Waals surface area contributed by atoms with Gasteiger partial charge in [-0.3, -0.25) is 14.6 Å². The maximum atomic E-state index is 13.3. The van der Waals surface area contributed by atoms with Crippen LogP contribution in [0.25, 0.3) is 10.9 Å². The molecule has 1 aromatic heterocycles. The Morgan fingerprint density at radius 2 is 1.88 bits per heavy atom. The second-order valence-corrected chi connectivity index (χ2v) is 12.3. The quantitative estimate of drug-likeness (QED) is 0.324. The van der Waals surface area contributed by atoms with Crippen molar-refractivity contribution < 1.29 is 19.1 Å². The minimum Gasteiger partial charge on any atom is -0.444 e. The second-order valence-electron chi connectivity index (χ2n) is 11.7. The van der Waals surface area contributed by atoms with E-state index in [0.717, 1.165) is 33.6 Å². The summed E-state index contributed by atoms with van der Waals surface area (Å²) in [7, 11) is 2.01. The largest absolute Gasteiger partial charge is 0.444 e. The van der Waals surface area contributed by atoms with Gasteiger partial charge in [-0.2, -0.15) is 0 Å². The predicted octanol–water partition coefficient (Wildman–Crippen LogP) is 3.64. The van der Waals surface area contributed by atoms with Crippen LogP contribution < -0.4 is 10.6 Å². The highest BCUT2D eigenvalue weighted by molar-refractivity contribution is 7.84. The van der Waals surface area contributed by atoms with Gasteiger partial charge in [0.2, 0.25) is 0 Å². The van der Waals surface area contributed by atoms with E-state index in [9.17, 15) is 14.4 Å². The number of aromatic amines is 1. The Labute approximate surface area is 241 Å². The fraction of sp³-hybridized carbons (Fsp3) is 0.517. The summed E-state index contributed by atoms with van der Waals surface area (Å²) >= 11 is 4.56. The molecule has 11 heteroatoms. The van der Waals surface area contributed by atoms with E-state index in [2.05, 4.69) is 38.1 Å². The highest BCUT2D eigenvalue weighted by atomic mass is 32.1. The molecule has 3 N–H and O–H groups in total. The van der Waals surface area contributed by atoms with Crippen LogP contribution in [0.5, 0.6) is 0 Å². The number of amides is 3. The highest BCUT2D eigenvalue weighted by Gasteiger charge is 2.36. The van der Waals surface area contributed by atoms with Crippen LogP contribution in [-0.4, -0.2) is 89.3 Å². The van der Waals surface area contributed by atoms with E-state index in [4.69, 9.17) is 4.74 Å². The van der Waals surface area contributed by atoms with Crippen LogP contribution in [0.4, 0.5) is 4.79 Å². The zero-order valence-electron chi connectivity index (χ0n) is 24.1. The molecule has 10 nitrogen and oxygen atoms in total. The van der Waals surface area contributed by atoms with Crippen molar-refractivity contribution in [1.82, 2.24) is 25.4 Å². The average molecular weight is 569 g/mol. The third-order valence-corrected chi connectivity index (χ3v) is 7.43. The number of carbonyl (C=O) groups excluding carboxylic acids is 3. The van der Waals surface area contributed by atoms with E-state index in [1.807, 2.05) is 59.0 Å². The average Bonchev–Trinajstić information content (AvgIpc) is 3.29. The highest BCUT2D eigenvalue weighted by Crippen LogP contribution is 2.22. The van der Waals surface area contributed by atoms with Crippen LogP contribution in [0, 0.1) is 6.92 Å². The van der Waals surface area contributed by atoms with Gasteiger partial charge in [0.1, 0.15) is 17.0 Å². The molecule has 216 valence electrons. The molecule has 2 aromatic rings. The summed E-state index contributed by atoms with van der Waals surface area (Å²) in [5, 5.41) is 7.05. The number of hydrogen-bond acceptors (Lipinski definition) is 7. The van der Waals surface area contributed by atoms with E-state index >= 15 is 0 Å². The van der Waals surface area contributed by atoms with E-state index in [1.54, 1.807) is 11.8 Å². The van der Waals surface area contributed by atoms with E-state index in [1.165, 1.54) is 0 Å². The number of aliphatic imine (C=N–C) groups is 1. The summed E-state index contributed by atoms with van der Waals surface area (Å²) in [6.07, 6.45) is 0.700. The third-order valence-electron chi connectivity index (χ3n) is 7.03. The van der Waals surface area contributed by atoms with Gasteiger partial charge in [-0.15, -0.1) is 12.6 Å². The van der Waals surface area contributed by atoms with Gasteiger partial charge in [-0.1, -0.05) is 11.6 Å². The molecule has 1 saturated heterocycles. The van der Waals surface area contributed by atoms with Crippen LogP contribution in [0.1, 0.15) is 56.6 Å². The van der Waals surface area contributed by atoms with Crippen LogP contribution >= 0.6 is 12.6 Å². The monoisotopic (exact) mass is 568 g/mol. The number of benzene rings is 1. The number of aromatic nitrogens is 1. The minimum atomic E-state index is -0.648. The predicted molar refractivity (Wildman–Crippen MR) is 160 cm³/mol. The fourth-order valence-corrected chi connectivity index (χ4v) is 5.30. The van der Waals surface area contributed by atoms with Crippen molar-refractivity contribution in [3.8, 4) is 0 Å². The first-order valence-electron chi connectivity index (χ1n) is 13.6. The summed E-state index contributed by atoms with van der Waals surface area (Å²) in [5.74, 6) is -0.630. The Hall–Kier alpha value is -3.31. The number of H-pyrrole nitrogens is 1. The molecule has 2 aliphatic rings. The summed E-state index contributed by atoms with van der Waals surface area (Å²) in [6.45, 7) is 11.2. The van der Waals surface area contributed by atoms with Crippen LogP contribution in [-0.2, 0) is 9.53 Å². The number of thiol groups is 1. The zero-order valence-corrected chi connectivity index (χ0v) is 25.0. The number of aryl methyl sites for hydroxylation is 1. The van der Waals surface area contributed by atoms with Gasteiger partial charge in [0.25, 0.3) is 11.8 Å². The SMILES string of the molecule is CC(=NC1=C(S)CN(C)CC1)C(=O)N[C@@H]1CN(C(=O)OC(C)(C)C)CC[C@@H]1NC(=O)c1cc2cc(C)ccc2[nH]1. The molecule has 3 amide bonds. The normalized spacial score (nSPS) is 21.0. The molecule has 2 atom stereocenters. The standard InChI is InChI=1S/C29H40N6O4S/c1-17-7-8-20-19(13-17)14-23(31-20)27(37)32-21-10-12-35(28(38)39-29(3,4)5)15-24(21)33-26(36)18(2)30-22-9-11-34(6)16-25(22)40/h7-8,13-14,21,24,31,40H,9-12,15-16H2,1-6H3,(H,32,37)(H,33,36)/t21-,24+/m0/s1. The number of nitrogens with zero attached hydrogens (tertiary/aromatic N) is 3. The lowest BCUT2D eigenvalue weighted by Gasteiger charge is -2.39. The number of piperidine rings is 1. The van der Waals surface area contributed by atoms with Crippen molar-refractivity contribution in [3.05, 3.63) is 46.1 Å². The Kier molecular flexibility index (Phi) is 8.94. The summed E-state index contributed by atoms with van der Waals surface area (Å²) in [4.78, 5) is 51.7. The number of nitrogens with one attached hydrogen (secondary N) is 3. The second kappa shape index (κ2) is 12.1. The summed E-state index contributed by atoms with van der Waals surface area (Å²) in [5.41, 5.74) is 2.87. The Balaban J connectivity index is 1.51. The number of rotatable bonds is 5. The van der Waals surface area contributed by atoms with Crippen molar-refractivity contribution in [1.29, 1.82) is 0 Å². The number of ether oxygens (including phenoxy) is 1. The van der Waals surface area contributed by atoms with Crippen molar-refractivity contribution >= 4 is 47.2 Å². The van der Waals surface area contributed by atoms with Crippen LogP contribution in [0.15, 0.2) is 39.9 Å². The summed E-state index contributed by atoms with van der Waals surface area (Å²) in [6, 6.07) is 6.82. The maximum absolute atomic E-state index is 13.3. The van der Waals surface area contributed by atoms with Crippen molar-refractivity contribution in [2.75, 3.05) is 33.2 Å². The Morgan fingerprint density at radius 3 is 2.58 bits per heavy atom. The zero-order chi connectivity index (χ0) is 29.2.